The van der Waals surface area contributed by atoms with Gasteiger partial charge in [-0.3, -0.25) is 9.13 Å². The fourth-order valence-electron chi connectivity index (χ4n) is 4.47. The van der Waals surface area contributed by atoms with Gasteiger partial charge in [0.1, 0.15) is 0 Å². The monoisotopic (exact) mass is 372 g/mol. The van der Waals surface area contributed by atoms with E-state index in [1.165, 1.54) is 44.1 Å². The van der Waals surface area contributed by atoms with Gasteiger partial charge < -0.3 is 11.1 Å². The van der Waals surface area contributed by atoms with Crippen molar-refractivity contribution in [3.05, 3.63) is 34.2 Å². The number of piperidine rings is 1. The standard InChI is InChI=1S/C22H36N4O/c1-25-21-18(11-7-5-3-2-4-6-8-15-23)12-9-14-20(21)26(22(25)27)19-13-10-16-24-17-19/h9,12,14,19,24H,2-8,10-11,13,15-17,23H2,1H3. The molecule has 0 radical (unpaired) electrons. The van der Waals surface area contributed by atoms with Gasteiger partial charge in [-0.1, -0.05) is 44.2 Å². The summed E-state index contributed by atoms with van der Waals surface area (Å²) in [5.41, 5.74) is 9.23. The number of aryl methyl sites for hydroxylation is 2. The molecule has 1 saturated heterocycles. The first kappa shape index (κ1) is 20.2. The van der Waals surface area contributed by atoms with Gasteiger partial charge in [-0.05, 0) is 56.8 Å². The molecule has 0 aliphatic carbocycles. The lowest BCUT2D eigenvalue weighted by Crippen LogP contribution is -2.36. The molecule has 27 heavy (non-hydrogen) atoms. The number of nitrogens with two attached hydrogens (primary N) is 1. The van der Waals surface area contributed by atoms with Crippen LogP contribution in [0.3, 0.4) is 0 Å². The summed E-state index contributed by atoms with van der Waals surface area (Å²) in [6.45, 7) is 2.78. The number of hydrogen-bond donors (Lipinski definition) is 2. The summed E-state index contributed by atoms with van der Waals surface area (Å²) in [6.07, 6.45) is 12.1. The van der Waals surface area contributed by atoms with Gasteiger partial charge in [-0.25, -0.2) is 4.79 Å². The Bertz CT molecular complexity index is 770. The van der Waals surface area contributed by atoms with Crippen molar-refractivity contribution in [2.75, 3.05) is 19.6 Å². The fourth-order valence-corrected chi connectivity index (χ4v) is 4.47. The number of benzene rings is 1. The van der Waals surface area contributed by atoms with Gasteiger partial charge in [0.05, 0.1) is 17.1 Å². The normalized spacial score (nSPS) is 17.6. The predicted octanol–water partition coefficient (Wildman–Crippen LogP) is 3.50. The Balaban J connectivity index is 1.65. The molecule has 0 bridgehead atoms. The van der Waals surface area contributed by atoms with Crippen molar-refractivity contribution in [1.82, 2.24) is 14.5 Å². The highest BCUT2D eigenvalue weighted by molar-refractivity contribution is 5.80. The molecule has 3 rings (SSSR count). The molecule has 1 aliphatic rings. The largest absolute Gasteiger partial charge is 0.330 e. The number of fused-ring (bicyclic) bond motifs is 1. The molecule has 0 amide bonds. The summed E-state index contributed by atoms with van der Waals surface area (Å²) in [5, 5.41) is 3.44. The Hall–Kier alpha value is -1.59. The zero-order valence-electron chi connectivity index (χ0n) is 16.9. The van der Waals surface area contributed by atoms with E-state index in [0.717, 1.165) is 56.4 Å². The maximum atomic E-state index is 12.9. The van der Waals surface area contributed by atoms with Crippen molar-refractivity contribution in [3.63, 3.8) is 0 Å². The third-order valence-electron chi connectivity index (χ3n) is 5.97. The minimum atomic E-state index is 0.131. The molecular weight excluding hydrogens is 336 g/mol. The Morgan fingerprint density at radius 3 is 2.56 bits per heavy atom. The fraction of sp³-hybridized carbons (Fsp3) is 0.682. The number of unbranched alkanes of at least 4 members (excludes halogenated alkanes) is 6. The molecule has 1 aromatic heterocycles. The number of nitrogens with one attached hydrogen (secondary N) is 1. The van der Waals surface area contributed by atoms with Crippen LogP contribution in [0.4, 0.5) is 0 Å². The van der Waals surface area contributed by atoms with Crippen LogP contribution in [0, 0.1) is 0 Å². The molecule has 0 saturated carbocycles. The Morgan fingerprint density at radius 2 is 1.85 bits per heavy atom. The van der Waals surface area contributed by atoms with E-state index in [4.69, 9.17) is 5.73 Å². The zero-order valence-corrected chi connectivity index (χ0v) is 16.9. The molecule has 1 aliphatic heterocycles. The first-order valence-electron chi connectivity index (χ1n) is 10.8. The molecule has 5 heteroatoms. The summed E-state index contributed by atoms with van der Waals surface area (Å²) in [6, 6.07) is 6.72. The molecule has 0 spiro atoms. The van der Waals surface area contributed by atoms with Crippen LogP contribution in [-0.4, -0.2) is 28.8 Å². The van der Waals surface area contributed by atoms with Crippen LogP contribution < -0.4 is 16.7 Å². The van der Waals surface area contributed by atoms with Crippen LogP contribution >= 0.6 is 0 Å². The molecule has 1 aromatic carbocycles. The molecular formula is C22H36N4O. The minimum Gasteiger partial charge on any atom is -0.330 e. The maximum absolute atomic E-state index is 12.9. The van der Waals surface area contributed by atoms with Crippen LogP contribution in [0.1, 0.15) is 69.4 Å². The van der Waals surface area contributed by atoms with E-state index in [0.29, 0.717) is 0 Å². The molecule has 1 fully saturated rings. The van der Waals surface area contributed by atoms with Gasteiger partial charge in [0.2, 0.25) is 0 Å². The van der Waals surface area contributed by atoms with Gasteiger partial charge >= 0.3 is 5.69 Å². The maximum Gasteiger partial charge on any atom is 0.329 e. The van der Waals surface area contributed by atoms with Crippen molar-refractivity contribution in [1.29, 1.82) is 0 Å². The van der Waals surface area contributed by atoms with Crippen LogP contribution in [0.5, 0.6) is 0 Å². The second-order valence-corrected chi connectivity index (χ2v) is 8.01. The second-order valence-electron chi connectivity index (χ2n) is 8.01. The van der Waals surface area contributed by atoms with Gasteiger partial charge in [0, 0.05) is 13.6 Å². The minimum absolute atomic E-state index is 0.131. The van der Waals surface area contributed by atoms with E-state index in [9.17, 15) is 4.79 Å². The molecule has 1 atom stereocenters. The van der Waals surface area contributed by atoms with Gasteiger partial charge in [-0.2, -0.15) is 0 Å². The van der Waals surface area contributed by atoms with Gasteiger partial charge in [0.25, 0.3) is 0 Å². The quantitative estimate of drug-likeness (QED) is 0.628. The lowest BCUT2D eigenvalue weighted by atomic mass is 10.0. The number of imidazole rings is 1. The third-order valence-corrected chi connectivity index (χ3v) is 5.97. The van der Waals surface area contributed by atoms with Crippen molar-refractivity contribution < 1.29 is 0 Å². The molecule has 2 heterocycles. The number of aromatic nitrogens is 2. The Labute approximate surface area is 162 Å². The average Bonchev–Trinajstić information content (AvgIpc) is 2.96. The first-order valence-corrected chi connectivity index (χ1v) is 10.8. The van der Waals surface area contributed by atoms with Gasteiger partial charge in [-0.15, -0.1) is 0 Å². The Kier molecular flexibility index (Phi) is 7.53. The van der Waals surface area contributed by atoms with E-state index >= 15 is 0 Å². The topological polar surface area (TPSA) is 65.0 Å². The van der Waals surface area contributed by atoms with E-state index in [1.54, 1.807) is 0 Å². The molecule has 150 valence electrons. The van der Waals surface area contributed by atoms with E-state index in [2.05, 4.69) is 23.5 Å². The number of rotatable bonds is 10. The predicted molar refractivity (Wildman–Crippen MR) is 113 cm³/mol. The highest BCUT2D eigenvalue weighted by Gasteiger charge is 2.22. The van der Waals surface area contributed by atoms with Crippen molar-refractivity contribution in [2.24, 2.45) is 12.8 Å². The zero-order chi connectivity index (χ0) is 19.1. The summed E-state index contributed by atoms with van der Waals surface area (Å²) in [7, 11) is 1.93. The molecule has 3 N–H and O–H groups in total. The summed E-state index contributed by atoms with van der Waals surface area (Å²) in [5.74, 6) is 0. The Morgan fingerprint density at radius 1 is 1.11 bits per heavy atom. The van der Waals surface area contributed by atoms with E-state index in [-0.39, 0.29) is 11.7 Å². The van der Waals surface area contributed by atoms with Crippen LogP contribution in [0.15, 0.2) is 23.0 Å². The van der Waals surface area contributed by atoms with Crippen molar-refractivity contribution in [2.45, 2.75) is 70.3 Å². The smallest absolute Gasteiger partial charge is 0.329 e. The lowest BCUT2D eigenvalue weighted by Gasteiger charge is -2.24. The second kappa shape index (κ2) is 10.1. The molecule has 5 nitrogen and oxygen atoms in total. The highest BCUT2D eigenvalue weighted by atomic mass is 16.1. The number of nitrogens with zero attached hydrogens (tertiary/aromatic N) is 2. The summed E-state index contributed by atoms with van der Waals surface area (Å²) in [4.78, 5) is 12.9. The van der Waals surface area contributed by atoms with Crippen molar-refractivity contribution >= 4 is 11.0 Å². The molecule has 1 unspecified atom stereocenters. The van der Waals surface area contributed by atoms with Crippen LogP contribution in [-0.2, 0) is 13.5 Å². The van der Waals surface area contributed by atoms with Crippen molar-refractivity contribution in [3.8, 4) is 0 Å². The lowest BCUT2D eigenvalue weighted by molar-refractivity contribution is 0.369. The van der Waals surface area contributed by atoms with Crippen LogP contribution in [0.2, 0.25) is 0 Å². The summed E-state index contributed by atoms with van der Waals surface area (Å²) < 4.78 is 3.90. The van der Waals surface area contributed by atoms with E-state index < -0.39 is 0 Å². The number of para-hydroxylation sites is 1. The van der Waals surface area contributed by atoms with E-state index in [1.807, 2.05) is 16.2 Å². The highest BCUT2D eigenvalue weighted by Crippen LogP contribution is 2.25. The first-order chi connectivity index (χ1) is 13.2. The third kappa shape index (κ3) is 4.82. The van der Waals surface area contributed by atoms with Crippen LogP contribution in [0.25, 0.3) is 11.0 Å². The SMILES string of the molecule is Cn1c(=O)n(C2CCCNC2)c2cccc(CCCCCCCCCN)c21. The van der Waals surface area contributed by atoms with Gasteiger partial charge in [0.15, 0.2) is 0 Å². The summed E-state index contributed by atoms with van der Waals surface area (Å²) >= 11 is 0. The number of hydrogen-bond acceptors (Lipinski definition) is 3. The average molecular weight is 373 g/mol. The molecule has 2 aromatic rings.